The fourth-order valence-electron chi connectivity index (χ4n) is 2.05. The first kappa shape index (κ1) is 15.6. The topological polar surface area (TPSA) is 42.0 Å². The summed E-state index contributed by atoms with van der Waals surface area (Å²) < 4.78 is 0.919. The number of aryl methyl sites for hydroxylation is 1. The standard InChI is InChI=1S/C15H9Cl3N2OS/c1-7-4-9(17)6-12-13(7)19-15(22-12)20-14(21)10-3-2-8(16)5-11(10)18/h2-6H,1H3,(H,19,20,21). The molecule has 1 amide bonds. The van der Waals surface area contributed by atoms with Crippen molar-refractivity contribution in [1.82, 2.24) is 4.98 Å². The number of carbonyl (C=O) groups is 1. The minimum absolute atomic E-state index is 0.297. The molecule has 1 aromatic heterocycles. The van der Waals surface area contributed by atoms with Crippen molar-refractivity contribution in [2.45, 2.75) is 6.92 Å². The van der Waals surface area contributed by atoms with E-state index in [0.717, 1.165) is 15.8 Å². The molecule has 0 unspecified atom stereocenters. The molecule has 0 aliphatic rings. The number of thiazole rings is 1. The lowest BCUT2D eigenvalue weighted by molar-refractivity contribution is 0.102. The van der Waals surface area contributed by atoms with Crippen LogP contribution >= 0.6 is 46.1 Å². The van der Waals surface area contributed by atoms with Crippen molar-refractivity contribution in [2.75, 3.05) is 5.32 Å². The van der Waals surface area contributed by atoms with Crippen molar-refractivity contribution in [3.8, 4) is 0 Å². The van der Waals surface area contributed by atoms with Crippen LogP contribution in [-0.2, 0) is 0 Å². The van der Waals surface area contributed by atoms with Gasteiger partial charge in [-0.1, -0.05) is 46.1 Å². The van der Waals surface area contributed by atoms with Gasteiger partial charge in [0.1, 0.15) is 0 Å². The third kappa shape index (κ3) is 3.06. The van der Waals surface area contributed by atoms with Gasteiger partial charge in [0.05, 0.1) is 20.8 Å². The van der Waals surface area contributed by atoms with Crippen LogP contribution in [0, 0.1) is 6.92 Å². The van der Waals surface area contributed by atoms with Crippen molar-refractivity contribution >= 4 is 67.4 Å². The third-order valence-electron chi connectivity index (χ3n) is 3.05. The van der Waals surface area contributed by atoms with Gasteiger partial charge in [-0.25, -0.2) is 4.98 Å². The van der Waals surface area contributed by atoms with Crippen LogP contribution in [0.4, 0.5) is 5.13 Å². The predicted molar refractivity (Wildman–Crippen MR) is 93.8 cm³/mol. The lowest BCUT2D eigenvalue weighted by Crippen LogP contribution is -2.12. The number of nitrogens with one attached hydrogen (secondary N) is 1. The molecule has 0 spiro atoms. The minimum atomic E-state index is -0.329. The monoisotopic (exact) mass is 370 g/mol. The van der Waals surface area contributed by atoms with Gasteiger partial charge in [-0.05, 0) is 42.8 Å². The Morgan fingerprint density at radius 1 is 1.14 bits per heavy atom. The highest BCUT2D eigenvalue weighted by Crippen LogP contribution is 2.31. The molecule has 3 nitrogen and oxygen atoms in total. The van der Waals surface area contributed by atoms with Crippen molar-refractivity contribution in [3.63, 3.8) is 0 Å². The van der Waals surface area contributed by atoms with Gasteiger partial charge in [0.15, 0.2) is 5.13 Å². The molecule has 3 rings (SSSR count). The number of anilines is 1. The van der Waals surface area contributed by atoms with Crippen LogP contribution in [-0.4, -0.2) is 10.9 Å². The Bertz CT molecular complexity index is 892. The smallest absolute Gasteiger partial charge is 0.258 e. The molecule has 0 aliphatic heterocycles. The maximum Gasteiger partial charge on any atom is 0.258 e. The summed E-state index contributed by atoms with van der Waals surface area (Å²) in [5.74, 6) is -0.329. The number of aromatic nitrogens is 1. The SMILES string of the molecule is Cc1cc(Cl)cc2sc(NC(=O)c3ccc(Cl)cc3Cl)nc12. The molecule has 0 saturated heterocycles. The molecule has 112 valence electrons. The molecule has 0 fully saturated rings. The number of hydrogen-bond acceptors (Lipinski definition) is 3. The van der Waals surface area contributed by atoms with E-state index in [4.69, 9.17) is 34.8 Å². The summed E-state index contributed by atoms with van der Waals surface area (Å²) in [6, 6.07) is 8.39. The highest BCUT2D eigenvalue weighted by atomic mass is 35.5. The zero-order valence-corrected chi connectivity index (χ0v) is 14.4. The maximum atomic E-state index is 12.3. The second-order valence-electron chi connectivity index (χ2n) is 4.67. The number of nitrogens with zero attached hydrogens (tertiary/aromatic N) is 1. The summed E-state index contributed by atoms with van der Waals surface area (Å²) in [6.07, 6.45) is 0. The van der Waals surface area contributed by atoms with Gasteiger partial charge in [0, 0.05) is 10.0 Å². The summed E-state index contributed by atoms with van der Waals surface area (Å²) in [5.41, 5.74) is 2.13. The largest absolute Gasteiger partial charge is 0.298 e. The minimum Gasteiger partial charge on any atom is -0.298 e. The lowest BCUT2D eigenvalue weighted by atomic mass is 10.2. The lowest BCUT2D eigenvalue weighted by Gasteiger charge is -2.04. The van der Waals surface area contributed by atoms with E-state index >= 15 is 0 Å². The molecule has 2 aromatic carbocycles. The van der Waals surface area contributed by atoms with Gasteiger partial charge in [-0.2, -0.15) is 0 Å². The van der Waals surface area contributed by atoms with Crippen LogP contribution in [0.5, 0.6) is 0 Å². The molecule has 7 heteroatoms. The summed E-state index contributed by atoms with van der Waals surface area (Å²) in [7, 11) is 0. The Morgan fingerprint density at radius 2 is 1.91 bits per heavy atom. The quantitative estimate of drug-likeness (QED) is 0.617. The van der Waals surface area contributed by atoms with E-state index in [-0.39, 0.29) is 5.91 Å². The normalized spacial score (nSPS) is 10.9. The average Bonchev–Trinajstić information content (AvgIpc) is 2.81. The first-order chi connectivity index (χ1) is 10.4. The van der Waals surface area contributed by atoms with Crippen molar-refractivity contribution in [3.05, 3.63) is 56.5 Å². The van der Waals surface area contributed by atoms with Crippen LogP contribution in [0.25, 0.3) is 10.2 Å². The molecule has 0 aliphatic carbocycles. The van der Waals surface area contributed by atoms with Crippen LogP contribution in [0.2, 0.25) is 15.1 Å². The van der Waals surface area contributed by atoms with Crippen molar-refractivity contribution in [2.24, 2.45) is 0 Å². The average molecular weight is 372 g/mol. The molecular formula is C15H9Cl3N2OS. The second kappa shape index (κ2) is 6.05. The molecule has 1 heterocycles. The zero-order valence-electron chi connectivity index (χ0n) is 11.3. The van der Waals surface area contributed by atoms with Crippen molar-refractivity contribution < 1.29 is 4.79 Å². The Kier molecular flexibility index (Phi) is 4.28. The van der Waals surface area contributed by atoms with Crippen LogP contribution in [0.1, 0.15) is 15.9 Å². The summed E-state index contributed by atoms with van der Waals surface area (Å²) >= 11 is 19.3. The van der Waals surface area contributed by atoms with Gasteiger partial charge < -0.3 is 0 Å². The van der Waals surface area contributed by atoms with E-state index in [1.165, 1.54) is 17.4 Å². The molecule has 22 heavy (non-hydrogen) atoms. The molecule has 0 atom stereocenters. The number of halogens is 3. The van der Waals surface area contributed by atoms with Crippen LogP contribution in [0.3, 0.4) is 0 Å². The van der Waals surface area contributed by atoms with Crippen LogP contribution < -0.4 is 5.32 Å². The number of benzene rings is 2. The number of carbonyl (C=O) groups excluding carboxylic acids is 1. The Labute approximate surface area is 145 Å². The summed E-state index contributed by atoms with van der Waals surface area (Å²) in [6.45, 7) is 1.93. The first-order valence-electron chi connectivity index (χ1n) is 6.27. The first-order valence-corrected chi connectivity index (χ1v) is 8.22. The fourth-order valence-corrected chi connectivity index (χ4v) is 3.86. The fraction of sp³-hybridized carbons (Fsp3) is 0.0667. The highest BCUT2D eigenvalue weighted by molar-refractivity contribution is 7.22. The van der Waals surface area contributed by atoms with E-state index in [0.29, 0.717) is 25.8 Å². The van der Waals surface area contributed by atoms with Gasteiger partial charge in [-0.3, -0.25) is 10.1 Å². The molecule has 3 aromatic rings. The van der Waals surface area contributed by atoms with E-state index in [1.54, 1.807) is 12.1 Å². The van der Waals surface area contributed by atoms with Gasteiger partial charge in [-0.15, -0.1) is 0 Å². The Morgan fingerprint density at radius 3 is 2.64 bits per heavy atom. The Hall–Kier alpha value is -1.33. The molecule has 0 bridgehead atoms. The number of fused-ring (bicyclic) bond motifs is 1. The molecular weight excluding hydrogens is 363 g/mol. The van der Waals surface area contributed by atoms with E-state index < -0.39 is 0 Å². The number of hydrogen-bond donors (Lipinski definition) is 1. The number of rotatable bonds is 2. The van der Waals surface area contributed by atoms with Gasteiger partial charge >= 0.3 is 0 Å². The Balaban J connectivity index is 1.92. The molecule has 0 radical (unpaired) electrons. The van der Waals surface area contributed by atoms with E-state index in [9.17, 15) is 4.79 Å². The second-order valence-corrected chi connectivity index (χ2v) is 6.98. The summed E-state index contributed by atoms with van der Waals surface area (Å²) in [4.78, 5) is 16.7. The van der Waals surface area contributed by atoms with Gasteiger partial charge in [0.25, 0.3) is 5.91 Å². The van der Waals surface area contributed by atoms with E-state index in [1.807, 2.05) is 19.1 Å². The third-order valence-corrected chi connectivity index (χ3v) is 4.73. The molecule has 0 saturated carbocycles. The zero-order chi connectivity index (χ0) is 15.9. The summed E-state index contributed by atoms with van der Waals surface area (Å²) in [5, 5.41) is 4.67. The van der Waals surface area contributed by atoms with E-state index in [2.05, 4.69) is 10.3 Å². The van der Waals surface area contributed by atoms with Gasteiger partial charge in [0.2, 0.25) is 0 Å². The van der Waals surface area contributed by atoms with Crippen molar-refractivity contribution in [1.29, 1.82) is 0 Å². The number of amides is 1. The predicted octanol–water partition coefficient (Wildman–Crippen LogP) is 5.82. The highest BCUT2D eigenvalue weighted by Gasteiger charge is 2.14. The van der Waals surface area contributed by atoms with Crippen LogP contribution in [0.15, 0.2) is 30.3 Å². The maximum absolute atomic E-state index is 12.3. The molecule has 1 N–H and O–H groups in total.